The van der Waals surface area contributed by atoms with E-state index in [2.05, 4.69) is 43.1 Å². The Balaban J connectivity index is 2.38. The van der Waals surface area contributed by atoms with Gasteiger partial charge in [0, 0.05) is 17.1 Å². The highest BCUT2D eigenvalue weighted by Gasteiger charge is 2.12. The molecule has 0 spiro atoms. The van der Waals surface area contributed by atoms with Crippen LogP contribution in [0.2, 0.25) is 0 Å². The maximum absolute atomic E-state index is 3.30. The third-order valence-corrected chi connectivity index (χ3v) is 3.34. The van der Waals surface area contributed by atoms with Crippen molar-refractivity contribution in [2.24, 2.45) is 0 Å². The fourth-order valence-corrected chi connectivity index (χ4v) is 2.62. The molecule has 16 heavy (non-hydrogen) atoms. The summed E-state index contributed by atoms with van der Waals surface area (Å²) < 4.78 is 0. The van der Waals surface area contributed by atoms with Crippen LogP contribution in [0, 0.1) is 0 Å². The predicted octanol–water partition coefficient (Wildman–Crippen LogP) is 4.85. The average Bonchev–Trinajstić information content (AvgIpc) is 2.76. The van der Waals surface area contributed by atoms with Crippen LogP contribution in [0.25, 0.3) is 10.9 Å². The largest absolute Gasteiger partial charge is 0.361 e. The van der Waals surface area contributed by atoms with Gasteiger partial charge in [-0.1, -0.05) is 38.8 Å². The van der Waals surface area contributed by atoms with E-state index < -0.39 is 0 Å². The maximum atomic E-state index is 3.30. The first kappa shape index (κ1) is 11.3. The SMILES string of the molecule is CCCC(CCC)c1cccc2[nH]ccc12. The second kappa shape index (κ2) is 5.20. The number of nitrogens with one attached hydrogen (secondary N) is 1. The van der Waals surface area contributed by atoms with Gasteiger partial charge in [-0.15, -0.1) is 0 Å². The molecule has 2 aromatic rings. The fraction of sp³-hybridized carbons (Fsp3) is 0.467. The molecule has 0 aliphatic carbocycles. The van der Waals surface area contributed by atoms with Gasteiger partial charge in [0.2, 0.25) is 0 Å². The fourth-order valence-electron chi connectivity index (χ4n) is 2.62. The van der Waals surface area contributed by atoms with Crippen molar-refractivity contribution in [3.05, 3.63) is 36.0 Å². The smallest absolute Gasteiger partial charge is 0.0456 e. The van der Waals surface area contributed by atoms with Crippen molar-refractivity contribution in [2.45, 2.75) is 45.4 Å². The molecule has 0 fully saturated rings. The Bertz CT molecular complexity index is 435. The minimum atomic E-state index is 0.731. The third-order valence-electron chi connectivity index (χ3n) is 3.34. The van der Waals surface area contributed by atoms with Gasteiger partial charge >= 0.3 is 0 Å². The van der Waals surface area contributed by atoms with Crippen molar-refractivity contribution in [3.63, 3.8) is 0 Å². The Kier molecular flexibility index (Phi) is 3.66. The van der Waals surface area contributed by atoms with Gasteiger partial charge in [0.25, 0.3) is 0 Å². The average molecular weight is 215 g/mol. The molecule has 0 saturated heterocycles. The number of benzene rings is 1. The molecule has 1 N–H and O–H groups in total. The topological polar surface area (TPSA) is 15.8 Å². The molecule has 86 valence electrons. The van der Waals surface area contributed by atoms with Crippen LogP contribution >= 0.6 is 0 Å². The third kappa shape index (κ3) is 2.13. The van der Waals surface area contributed by atoms with E-state index in [1.807, 2.05) is 6.20 Å². The van der Waals surface area contributed by atoms with Gasteiger partial charge in [0.1, 0.15) is 0 Å². The quantitative estimate of drug-likeness (QED) is 0.733. The Labute approximate surface area is 97.9 Å². The van der Waals surface area contributed by atoms with E-state index in [-0.39, 0.29) is 0 Å². The van der Waals surface area contributed by atoms with Gasteiger partial charge in [-0.25, -0.2) is 0 Å². The summed E-state index contributed by atoms with van der Waals surface area (Å²) in [6.07, 6.45) is 7.19. The van der Waals surface area contributed by atoms with Gasteiger partial charge in [0.05, 0.1) is 0 Å². The summed E-state index contributed by atoms with van der Waals surface area (Å²) in [5.74, 6) is 0.731. The van der Waals surface area contributed by atoms with E-state index in [9.17, 15) is 0 Å². The first-order valence-electron chi connectivity index (χ1n) is 6.42. The zero-order valence-electron chi connectivity index (χ0n) is 10.3. The molecule has 0 amide bonds. The summed E-state index contributed by atoms with van der Waals surface area (Å²) in [4.78, 5) is 3.30. The summed E-state index contributed by atoms with van der Waals surface area (Å²) in [6, 6.07) is 8.84. The Hall–Kier alpha value is -1.24. The molecule has 0 radical (unpaired) electrons. The van der Waals surface area contributed by atoms with E-state index in [4.69, 9.17) is 0 Å². The van der Waals surface area contributed by atoms with E-state index in [0.717, 1.165) is 5.92 Å². The summed E-state index contributed by atoms with van der Waals surface area (Å²) in [5.41, 5.74) is 2.80. The molecular weight excluding hydrogens is 194 g/mol. The molecule has 1 heteroatoms. The molecule has 1 heterocycles. The van der Waals surface area contributed by atoms with Crippen LogP contribution < -0.4 is 0 Å². The highest BCUT2D eigenvalue weighted by molar-refractivity contribution is 5.83. The Morgan fingerprint density at radius 3 is 2.50 bits per heavy atom. The highest BCUT2D eigenvalue weighted by Crippen LogP contribution is 2.31. The molecular formula is C15H21N. The number of H-pyrrole nitrogens is 1. The second-order valence-corrected chi connectivity index (χ2v) is 4.56. The van der Waals surface area contributed by atoms with Crippen LogP contribution in [0.4, 0.5) is 0 Å². The van der Waals surface area contributed by atoms with Crippen LogP contribution in [0.3, 0.4) is 0 Å². The van der Waals surface area contributed by atoms with Crippen LogP contribution in [-0.2, 0) is 0 Å². The van der Waals surface area contributed by atoms with E-state index >= 15 is 0 Å². The first-order chi connectivity index (χ1) is 7.86. The minimum absolute atomic E-state index is 0.731. The van der Waals surface area contributed by atoms with Crippen LogP contribution in [-0.4, -0.2) is 4.98 Å². The van der Waals surface area contributed by atoms with Crippen molar-refractivity contribution < 1.29 is 0 Å². The number of hydrogen-bond donors (Lipinski definition) is 1. The molecule has 1 nitrogen and oxygen atoms in total. The zero-order chi connectivity index (χ0) is 11.4. The Morgan fingerprint density at radius 2 is 1.81 bits per heavy atom. The molecule has 2 rings (SSSR count). The summed E-state index contributed by atoms with van der Waals surface area (Å²) in [6.45, 7) is 4.56. The number of aromatic amines is 1. The van der Waals surface area contributed by atoms with Gasteiger partial charge < -0.3 is 4.98 Å². The maximum Gasteiger partial charge on any atom is 0.0456 e. The number of hydrogen-bond acceptors (Lipinski definition) is 0. The molecule has 0 bridgehead atoms. The highest BCUT2D eigenvalue weighted by atomic mass is 14.7. The van der Waals surface area contributed by atoms with Crippen molar-refractivity contribution in [2.75, 3.05) is 0 Å². The summed E-state index contributed by atoms with van der Waals surface area (Å²) >= 11 is 0. The van der Waals surface area contributed by atoms with Crippen LogP contribution in [0.5, 0.6) is 0 Å². The Morgan fingerprint density at radius 1 is 1.06 bits per heavy atom. The van der Waals surface area contributed by atoms with Gasteiger partial charge in [-0.05, 0) is 36.5 Å². The molecule has 1 aromatic heterocycles. The molecule has 0 aliphatic heterocycles. The number of rotatable bonds is 5. The summed E-state index contributed by atoms with van der Waals surface area (Å²) in [7, 11) is 0. The molecule has 0 aliphatic rings. The van der Waals surface area contributed by atoms with Gasteiger partial charge in [-0.2, -0.15) is 0 Å². The van der Waals surface area contributed by atoms with E-state index in [0.29, 0.717) is 0 Å². The van der Waals surface area contributed by atoms with Crippen molar-refractivity contribution >= 4 is 10.9 Å². The molecule has 1 aromatic carbocycles. The normalized spacial score (nSPS) is 11.4. The molecule has 0 saturated carbocycles. The van der Waals surface area contributed by atoms with E-state index in [1.54, 1.807) is 0 Å². The zero-order valence-corrected chi connectivity index (χ0v) is 10.3. The number of fused-ring (bicyclic) bond motifs is 1. The minimum Gasteiger partial charge on any atom is -0.361 e. The lowest BCUT2D eigenvalue weighted by Gasteiger charge is -2.16. The lowest BCUT2D eigenvalue weighted by atomic mass is 9.88. The standard InChI is InChI=1S/C15H21N/c1-3-6-12(7-4-2)13-8-5-9-15-14(13)10-11-16-15/h5,8-12,16H,3-4,6-7H2,1-2H3. The van der Waals surface area contributed by atoms with Crippen molar-refractivity contribution in [1.29, 1.82) is 0 Å². The van der Waals surface area contributed by atoms with Crippen LogP contribution in [0.1, 0.15) is 51.0 Å². The lowest BCUT2D eigenvalue weighted by molar-refractivity contribution is 0.564. The van der Waals surface area contributed by atoms with E-state index in [1.165, 1.54) is 42.1 Å². The lowest BCUT2D eigenvalue weighted by Crippen LogP contribution is -1.98. The van der Waals surface area contributed by atoms with Gasteiger partial charge in [-0.3, -0.25) is 0 Å². The number of aromatic nitrogens is 1. The van der Waals surface area contributed by atoms with Gasteiger partial charge in [0.15, 0.2) is 0 Å². The van der Waals surface area contributed by atoms with Crippen molar-refractivity contribution in [3.8, 4) is 0 Å². The molecule has 0 atom stereocenters. The summed E-state index contributed by atoms with van der Waals surface area (Å²) in [5, 5.41) is 1.41. The monoisotopic (exact) mass is 215 g/mol. The first-order valence-corrected chi connectivity index (χ1v) is 6.42. The molecule has 0 unspecified atom stereocenters. The second-order valence-electron chi connectivity index (χ2n) is 4.56. The van der Waals surface area contributed by atoms with Crippen molar-refractivity contribution in [1.82, 2.24) is 4.98 Å². The predicted molar refractivity (Wildman–Crippen MR) is 70.9 cm³/mol. The van der Waals surface area contributed by atoms with Crippen LogP contribution in [0.15, 0.2) is 30.5 Å².